The van der Waals surface area contributed by atoms with E-state index >= 15 is 0 Å². The summed E-state index contributed by atoms with van der Waals surface area (Å²) < 4.78 is 0. The molecule has 1 aliphatic rings. The Morgan fingerprint density at radius 3 is 1.77 bits per heavy atom. The molecule has 3 unspecified atom stereocenters. The third-order valence-electron chi connectivity index (χ3n) is 6.98. The normalized spacial score (nSPS) is 20.5. The van der Waals surface area contributed by atoms with Crippen LogP contribution >= 0.6 is 0 Å². The highest BCUT2D eigenvalue weighted by Crippen LogP contribution is 2.43. The van der Waals surface area contributed by atoms with Gasteiger partial charge in [-0.2, -0.15) is 0 Å². The summed E-state index contributed by atoms with van der Waals surface area (Å²) in [6.45, 7) is 17.9. The van der Waals surface area contributed by atoms with Gasteiger partial charge in [0.25, 0.3) is 0 Å². The number of ketones is 4. The average Bonchev–Trinajstić information content (AvgIpc) is 2.72. The van der Waals surface area contributed by atoms with Crippen molar-refractivity contribution in [1.82, 2.24) is 0 Å². The number of carbonyl (C=O) groups is 4. The summed E-state index contributed by atoms with van der Waals surface area (Å²) >= 11 is 0. The zero-order chi connectivity index (χ0) is 26.9. The van der Waals surface area contributed by atoms with Crippen molar-refractivity contribution in [2.24, 2.45) is 29.1 Å². The minimum atomic E-state index is -1.37. The first-order valence-corrected chi connectivity index (χ1v) is 13.3. The van der Waals surface area contributed by atoms with Gasteiger partial charge < -0.3 is 0 Å². The van der Waals surface area contributed by atoms with Crippen LogP contribution < -0.4 is 0 Å². The Bertz CT molecular complexity index is 852. The van der Waals surface area contributed by atoms with Crippen LogP contribution in [0.15, 0.2) is 34.9 Å². The van der Waals surface area contributed by atoms with Crippen LogP contribution in [0.2, 0.25) is 0 Å². The second kappa shape index (κ2) is 13.8. The Hall–Kier alpha value is -2.10. The number of Topliss-reactive ketones (excluding diaryl/α,β-unsaturated/α-hetero) is 4. The Kier molecular flexibility index (Phi) is 12.2. The zero-order valence-corrected chi connectivity index (χ0v) is 23.6. The first-order chi connectivity index (χ1) is 16.2. The summed E-state index contributed by atoms with van der Waals surface area (Å²) in [4.78, 5) is 54.8. The number of carbonyl (C=O) groups excluding carboxylic acids is 4. The topological polar surface area (TPSA) is 68.3 Å². The summed E-state index contributed by atoms with van der Waals surface area (Å²) in [5.74, 6) is -3.22. The van der Waals surface area contributed by atoms with Crippen LogP contribution in [0.1, 0.15) is 107 Å². The van der Waals surface area contributed by atoms with E-state index in [1.165, 1.54) is 0 Å². The van der Waals surface area contributed by atoms with Gasteiger partial charge in [-0.15, -0.1) is 0 Å². The Morgan fingerprint density at radius 2 is 1.31 bits per heavy atom. The molecule has 0 aromatic carbocycles. The minimum Gasteiger partial charge on any atom is -0.298 e. The Morgan fingerprint density at radius 1 is 0.800 bits per heavy atom. The summed E-state index contributed by atoms with van der Waals surface area (Å²) in [6.07, 6.45) is 9.57. The predicted molar refractivity (Wildman–Crippen MR) is 144 cm³/mol. The van der Waals surface area contributed by atoms with Gasteiger partial charge in [-0.1, -0.05) is 75.0 Å². The van der Waals surface area contributed by atoms with Crippen molar-refractivity contribution in [1.29, 1.82) is 0 Å². The Balaban J connectivity index is 3.45. The van der Waals surface area contributed by atoms with Crippen LogP contribution in [0.5, 0.6) is 0 Å². The van der Waals surface area contributed by atoms with Crippen molar-refractivity contribution >= 4 is 23.1 Å². The molecule has 4 nitrogen and oxygen atoms in total. The summed E-state index contributed by atoms with van der Waals surface area (Å²) in [5.41, 5.74) is 1.63. The third-order valence-corrected chi connectivity index (χ3v) is 6.98. The molecule has 0 bridgehead atoms. The summed E-state index contributed by atoms with van der Waals surface area (Å²) in [7, 11) is 0. The van der Waals surface area contributed by atoms with Gasteiger partial charge in [-0.05, 0) is 72.6 Å². The minimum absolute atomic E-state index is 0.0978. The highest BCUT2D eigenvalue weighted by atomic mass is 16.2. The molecule has 1 fully saturated rings. The summed E-state index contributed by atoms with van der Waals surface area (Å²) in [5, 5.41) is 0. The number of allylic oxidation sites excluding steroid dienone is 6. The van der Waals surface area contributed by atoms with E-state index in [1.807, 2.05) is 66.7 Å². The molecule has 0 aromatic rings. The van der Waals surface area contributed by atoms with Crippen LogP contribution in [0.4, 0.5) is 0 Å². The zero-order valence-electron chi connectivity index (χ0n) is 23.6. The van der Waals surface area contributed by atoms with Crippen molar-refractivity contribution in [2.75, 3.05) is 0 Å². The molecule has 1 rings (SSSR count). The maximum atomic E-state index is 14.0. The molecule has 196 valence electrons. The summed E-state index contributed by atoms with van der Waals surface area (Å²) in [6, 6.07) is 0. The van der Waals surface area contributed by atoms with Crippen molar-refractivity contribution in [3.63, 3.8) is 0 Å². The lowest BCUT2D eigenvalue weighted by Crippen LogP contribution is -2.57. The molecule has 1 saturated carbocycles. The lowest BCUT2D eigenvalue weighted by atomic mass is 9.58. The molecule has 0 spiro atoms. The number of hydrogen-bond acceptors (Lipinski definition) is 4. The van der Waals surface area contributed by atoms with Crippen LogP contribution in [-0.4, -0.2) is 23.1 Å². The molecule has 0 N–H and O–H groups in total. The van der Waals surface area contributed by atoms with E-state index in [4.69, 9.17) is 0 Å². The van der Waals surface area contributed by atoms with Crippen molar-refractivity contribution < 1.29 is 19.2 Å². The maximum absolute atomic E-state index is 14.0. The second-order valence-corrected chi connectivity index (χ2v) is 11.8. The fourth-order valence-electron chi connectivity index (χ4n) is 4.75. The lowest BCUT2D eigenvalue weighted by Gasteiger charge is -2.40. The monoisotopic (exact) mass is 484 g/mol. The highest BCUT2D eigenvalue weighted by molar-refractivity contribution is 6.34. The average molecular weight is 485 g/mol. The van der Waals surface area contributed by atoms with E-state index in [-0.39, 0.29) is 43.2 Å². The molecule has 0 aromatic heterocycles. The van der Waals surface area contributed by atoms with Crippen LogP contribution in [0.25, 0.3) is 0 Å². The van der Waals surface area contributed by atoms with Gasteiger partial charge in [0.2, 0.25) is 0 Å². The maximum Gasteiger partial charge on any atom is 0.164 e. The van der Waals surface area contributed by atoms with E-state index in [9.17, 15) is 19.2 Å². The number of hydrogen-bond donors (Lipinski definition) is 0. The van der Waals surface area contributed by atoms with E-state index in [2.05, 4.69) is 13.8 Å². The molecule has 0 saturated heterocycles. The van der Waals surface area contributed by atoms with Crippen molar-refractivity contribution in [3.05, 3.63) is 34.9 Å². The molecular formula is C31H48O4. The molecule has 0 heterocycles. The first kappa shape index (κ1) is 30.9. The smallest absolute Gasteiger partial charge is 0.164 e. The highest BCUT2D eigenvalue weighted by Gasteiger charge is 2.59. The molecule has 35 heavy (non-hydrogen) atoms. The standard InChI is InChI=1S/C31H48O4/c1-20(2)11-10-12-24(9)19-26(32)27-28(33)25(14-13-21(3)4)29(34)31(30(27)35,17-15-22(5)6)18-16-23(7)8/h13,15-16,20,24-25,27H,10-12,14,17-19H2,1-9H3. The molecular weight excluding hydrogens is 436 g/mol. The van der Waals surface area contributed by atoms with E-state index < -0.39 is 28.8 Å². The van der Waals surface area contributed by atoms with Gasteiger partial charge in [0.15, 0.2) is 23.1 Å². The molecule has 0 aliphatic heterocycles. The molecule has 4 heteroatoms. The van der Waals surface area contributed by atoms with E-state index in [1.54, 1.807) is 0 Å². The SMILES string of the molecule is CC(C)=CCC1C(=O)C(C(=O)CC(C)CCCC(C)C)C(=O)C(CC=C(C)C)(CC=C(C)C)C1=O. The van der Waals surface area contributed by atoms with Crippen molar-refractivity contribution in [3.8, 4) is 0 Å². The van der Waals surface area contributed by atoms with Gasteiger partial charge in [0.05, 0.1) is 11.3 Å². The van der Waals surface area contributed by atoms with Gasteiger partial charge >= 0.3 is 0 Å². The van der Waals surface area contributed by atoms with Gasteiger partial charge in [-0.25, -0.2) is 0 Å². The first-order valence-electron chi connectivity index (χ1n) is 13.3. The fourth-order valence-corrected chi connectivity index (χ4v) is 4.75. The van der Waals surface area contributed by atoms with Crippen LogP contribution in [0, 0.1) is 29.1 Å². The van der Waals surface area contributed by atoms with E-state index in [0.717, 1.165) is 36.0 Å². The Labute approximate surface area is 213 Å². The second-order valence-electron chi connectivity index (χ2n) is 11.8. The van der Waals surface area contributed by atoms with Crippen LogP contribution in [0.3, 0.4) is 0 Å². The molecule has 0 amide bonds. The number of rotatable bonds is 13. The van der Waals surface area contributed by atoms with Gasteiger partial charge in [0.1, 0.15) is 5.92 Å². The lowest BCUT2D eigenvalue weighted by molar-refractivity contribution is -0.158. The largest absolute Gasteiger partial charge is 0.298 e. The quantitative estimate of drug-likeness (QED) is 0.201. The molecule has 0 radical (unpaired) electrons. The van der Waals surface area contributed by atoms with E-state index in [0.29, 0.717) is 5.92 Å². The third kappa shape index (κ3) is 8.81. The molecule has 3 atom stereocenters. The van der Waals surface area contributed by atoms with Gasteiger partial charge in [-0.3, -0.25) is 19.2 Å². The van der Waals surface area contributed by atoms with Gasteiger partial charge in [0, 0.05) is 6.42 Å². The molecule has 1 aliphatic carbocycles. The fraction of sp³-hybridized carbons (Fsp3) is 0.677. The van der Waals surface area contributed by atoms with Crippen molar-refractivity contribution in [2.45, 2.75) is 107 Å². The van der Waals surface area contributed by atoms with Crippen LogP contribution in [-0.2, 0) is 19.2 Å². The predicted octanol–water partition coefficient (Wildman–Crippen LogP) is 7.42.